The molecular weight excluding hydrogens is 390 g/mol. The molecule has 0 saturated carbocycles. The summed E-state index contributed by atoms with van der Waals surface area (Å²) in [5.41, 5.74) is 3.19. The van der Waals surface area contributed by atoms with Gasteiger partial charge < -0.3 is 9.16 Å². The molecule has 4 nitrogen and oxygen atoms in total. The first-order chi connectivity index (χ1) is 14.2. The standard InChI is InChI=1S/C25H37NO3Si/c1-17(2)30(18(3)4,19(5)6)28-13-9-10-20-14-21-16-25(22(20)15-24(27)29-25)23-11-7-8-12-26(21)23/h14-15,17-19,21,23H,7-8,11-13,16H2,1-6H3/t21-,23-,25?/m1/s1. The van der Waals surface area contributed by atoms with E-state index in [2.05, 4.69) is 64.4 Å². The van der Waals surface area contributed by atoms with Crippen LogP contribution in [0.15, 0.2) is 23.3 Å². The fourth-order valence-electron chi connectivity index (χ4n) is 6.96. The SMILES string of the molecule is CC(C)[Si](OCC#CC1=C[C@@H]2CC3(OC(=O)C=C13)[C@H]1CCCCN21)(C(C)C)C(C)C. The van der Waals surface area contributed by atoms with Crippen molar-refractivity contribution in [3.05, 3.63) is 23.3 Å². The maximum absolute atomic E-state index is 12.3. The molecule has 0 aromatic heterocycles. The van der Waals surface area contributed by atoms with E-state index in [1.165, 1.54) is 12.8 Å². The highest BCUT2D eigenvalue weighted by Gasteiger charge is 2.61. The third kappa shape index (κ3) is 3.23. The van der Waals surface area contributed by atoms with Gasteiger partial charge in [0.1, 0.15) is 0 Å². The molecule has 1 unspecified atom stereocenters. The van der Waals surface area contributed by atoms with E-state index >= 15 is 0 Å². The number of fused-ring (bicyclic) bond motifs is 3. The maximum Gasteiger partial charge on any atom is 0.332 e. The summed E-state index contributed by atoms with van der Waals surface area (Å²) in [6.45, 7) is 15.3. The molecule has 3 aliphatic heterocycles. The molecule has 3 heterocycles. The Balaban J connectivity index is 1.57. The molecule has 2 saturated heterocycles. The topological polar surface area (TPSA) is 38.8 Å². The fourth-order valence-corrected chi connectivity index (χ4v) is 12.3. The quantitative estimate of drug-likeness (QED) is 0.353. The number of hydrogen-bond acceptors (Lipinski definition) is 4. The van der Waals surface area contributed by atoms with E-state index in [9.17, 15) is 4.79 Å². The number of rotatable bonds is 5. The van der Waals surface area contributed by atoms with Crippen molar-refractivity contribution in [2.75, 3.05) is 13.2 Å². The van der Waals surface area contributed by atoms with Gasteiger partial charge in [-0.1, -0.05) is 65.9 Å². The van der Waals surface area contributed by atoms with Crippen LogP contribution in [0.4, 0.5) is 0 Å². The maximum atomic E-state index is 12.3. The number of piperidine rings is 1. The number of ether oxygens (including phenoxy) is 1. The lowest BCUT2D eigenvalue weighted by atomic mass is 9.77. The smallest absolute Gasteiger partial charge is 0.332 e. The third-order valence-corrected chi connectivity index (χ3v) is 14.1. The lowest BCUT2D eigenvalue weighted by Crippen LogP contribution is -2.48. The Hall–Kier alpha value is -1.35. The molecule has 4 aliphatic rings. The first kappa shape index (κ1) is 21.9. The van der Waals surface area contributed by atoms with Gasteiger partial charge in [0, 0.05) is 29.7 Å². The molecule has 0 radical (unpaired) electrons. The zero-order valence-corrected chi connectivity index (χ0v) is 20.5. The Morgan fingerprint density at radius 3 is 2.57 bits per heavy atom. The van der Waals surface area contributed by atoms with E-state index in [1.54, 1.807) is 6.08 Å². The van der Waals surface area contributed by atoms with Crippen molar-refractivity contribution < 1.29 is 14.0 Å². The number of nitrogens with zero attached hydrogens (tertiary/aromatic N) is 1. The monoisotopic (exact) mass is 427 g/mol. The summed E-state index contributed by atoms with van der Waals surface area (Å²) in [6.07, 6.45) is 8.41. The van der Waals surface area contributed by atoms with Crippen molar-refractivity contribution in [1.82, 2.24) is 4.90 Å². The number of carbonyl (C=O) groups excluding carboxylic acids is 1. The molecule has 164 valence electrons. The average molecular weight is 428 g/mol. The first-order valence-corrected chi connectivity index (χ1v) is 13.9. The highest BCUT2D eigenvalue weighted by molar-refractivity contribution is 6.77. The van der Waals surface area contributed by atoms with E-state index < -0.39 is 13.9 Å². The van der Waals surface area contributed by atoms with Gasteiger partial charge in [0.05, 0.1) is 12.6 Å². The summed E-state index contributed by atoms with van der Waals surface area (Å²) in [4.78, 5) is 14.8. The third-order valence-electron chi connectivity index (χ3n) is 8.00. The molecule has 0 aromatic carbocycles. The molecule has 1 aliphatic carbocycles. The zero-order valence-electron chi connectivity index (χ0n) is 19.5. The summed E-state index contributed by atoms with van der Waals surface area (Å²) < 4.78 is 12.6. The normalized spacial score (nSPS) is 30.6. The average Bonchev–Trinajstić information content (AvgIpc) is 3.16. The van der Waals surface area contributed by atoms with Crippen molar-refractivity contribution in [3.8, 4) is 11.8 Å². The van der Waals surface area contributed by atoms with Crippen molar-refractivity contribution in [1.29, 1.82) is 0 Å². The van der Waals surface area contributed by atoms with Crippen LogP contribution in [0.3, 0.4) is 0 Å². The second-order valence-electron chi connectivity index (χ2n) is 10.4. The molecule has 2 fully saturated rings. The predicted molar refractivity (Wildman–Crippen MR) is 123 cm³/mol. The van der Waals surface area contributed by atoms with Gasteiger partial charge in [-0.15, -0.1) is 0 Å². The Labute approximate surface area is 183 Å². The Kier molecular flexibility index (Phi) is 5.80. The van der Waals surface area contributed by atoms with Crippen LogP contribution in [0.2, 0.25) is 16.6 Å². The lowest BCUT2D eigenvalue weighted by Gasteiger charge is -2.41. The molecule has 0 aromatic rings. The van der Waals surface area contributed by atoms with E-state index in [1.807, 2.05) is 0 Å². The Morgan fingerprint density at radius 1 is 1.20 bits per heavy atom. The van der Waals surface area contributed by atoms with Gasteiger partial charge in [-0.2, -0.15) is 0 Å². The highest BCUT2D eigenvalue weighted by Crippen LogP contribution is 2.53. The van der Waals surface area contributed by atoms with Crippen LogP contribution in [0, 0.1) is 11.8 Å². The molecule has 3 atom stereocenters. The summed E-state index contributed by atoms with van der Waals surface area (Å²) in [6, 6.07) is 0.641. The van der Waals surface area contributed by atoms with Crippen molar-refractivity contribution in [2.45, 2.75) is 102 Å². The zero-order chi connectivity index (χ0) is 21.7. The molecule has 0 amide bonds. The molecule has 0 N–H and O–H groups in total. The first-order valence-electron chi connectivity index (χ1n) is 11.8. The van der Waals surface area contributed by atoms with E-state index in [4.69, 9.17) is 9.16 Å². The minimum absolute atomic E-state index is 0.201. The molecule has 4 rings (SSSR count). The van der Waals surface area contributed by atoms with E-state index in [-0.39, 0.29) is 5.97 Å². The number of esters is 1. The van der Waals surface area contributed by atoms with Crippen molar-refractivity contribution in [2.24, 2.45) is 0 Å². The van der Waals surface area contributed by atoms with Crippen LogP contribution >= 0.6 is 0 Å². The van der Waals surface area contributed by atoms with Gasteiger partial charge in [-0.05, 0) is 36.0 Å². The van der Waals surface area contributed by atoms with Crippen LogP contribution in [0.1, 0.15) is 67.2 Å². The van der Waals surface area contributed by atoms with Gasteiger partial charge in [0.15, 0.2) is 5.60 Å². The van der Waals surface area contributed by atoms with Gasteiger partial charge in [0.25, 0.3) is 0 Å². The Bertz CT molecular complexity index is 809. The van der Waals surface area contributed by atoms with E-state index in [0.717, 1.165) is 30.5 Å². The van der Waals surface area contributed by atoms with Gasteiger partial charge in [0.2, 0.25) is 8.32 Å². The number of carbonyl (C=O) groups is 1. The van der Waals surface area contributed by atoms with Crippen LogP contribution in [0.5, 0.6) is 0 Å². The van der Waals surface area contributed by atoms with Crippen LogP contribution in [-0.4, -0.2) is 50.0 Å². The van der Waals surface area contributed by atoms with E-state index in [0.29, 0.717) is 35.3 Å². The second kappa shape index (κ2) is 7.96. The Morgan fingerprint density at radius 2 is 1.90 bits per heavy atom. The number of hydrogen-bond donors (Lipinski definition) is 0. The van der Waals surface area contributed by atoms with Crippen LogP contribution in [-0.2, 0) is 14.0 Å². The predicted octanol–water partition coefficient (Wildman–Crippen LogP) is 4.97. The molecule has 5 heteroatoms. The van der Waals surface area contributed by atoms with Gasteiger partial charge in [-0.25, -0.2) is 4.79 Å². The summed E-state index contributed by atoms with van der Waals surface area (Å²) >= 11 is 0. The molecule has 2 bridgehead atoms. The minimum atomic E-state index is -1.92. The molecule has 30 heavy (non-hydrogen) atoms. The minimum Gasteiger partial charge on any atom is -0.449 e. The van der Waals surface area contributed by atoms with Crippen LogP contribution in [0.25, 0.3) is 0 Å². The molecule has 1 spiro atoms. The largest absolute Gasteiger partial charge is 0.449 e. The lowest BCUT2D eigenvalue weighted by molar-refractivity contribution is -0.148. The van der Waals surface area contributed by atoms with Gasteiger partial charge >= 0.3 is 5.97 Å². The van der Waals surface area contributed by atoms with Crippen molar-refractivity contribution in [3.63, 3.8) is 0 Å². The van der Waals surface area contributed by atoms with Crippen LogP contribution < -0.4 is 0 Å². The molecular formula is C25H37NO3Si. The summed E-state index contributed by atoms with van der Waals surface area (Å²) in [7, 11) is -1.92. The second-order valence-corrected chi connectivity index (χ2v) is 15.8. The van der Waals surface area contributed by atoms with Gasteiger partial charge in [-0.3, -0.25) is 4.90 Å². The van der Waals surface area contributed by atoms with Crippen molar-refractivity contribution >= 4 is 14.3 Å². The summed E-state index contributed by atoms with van der Waals surface area (Å²) in [5.74, 6) is 6.51. The summed E-state index contributed by atoms with van der Waals surface area (Å²) in [5, 5.41) is 0. The fraction of sp³-hybridized carbons (Fsp3) is 0.720. The highest BCUT2D eigenvalue weighted by atomic mass is 28.4.